The number of alkyl carbamates (subject to hydrolysis) is 1. The number of rotatable bonds is 14. The summed E-state index contributed by atoms with van der Waals surface area (Å²) in [5, 5.41) is 10.4. The zero-order valence-electron chi connectivity index (χ0n) is 33.0. The predicted octanol–water partition coefficient (Wildman–Crippen LogP) is 3.26. The maximum absolute atomic E-state index is 14.4. The van der Waals surface area contributed by atoms with E-state index in [1.807, 2.05) is 41.5 Å². The molecule has 2 heterocycles. The van der Waals surface area contributed by atoms with Gasteiger partial charge in [0.15, 0.2) is 0 Å². The lowest BCUT2D eigenvalue weighted by Gasteiger charge is -2.36. The van der Waals surface area contributed by atoms with Crippen molar-refractivity contribution >= 4 is 64.9 Å². The van der Waals surface area contributed by atoms with Crippen LogP contribution in [0.5, 0.6) is 0 Å². The third kappa shape index (κ3) is 12.6. The van der Waals surface area contributed by atoms with Gasteiger partial charge in [-0.05, 0) is 40.7 Å². The van der Waals surface area contributed by atoms with E-state index in [9.17, 15) is 33.6 Å². The molecule has 0 radical (unpaired) electrons. The summed E-state index contributed by atoms with van der Waals surface area (Å²) >= 11 is 3.40. The van der Waals surface area contributed by atoms with E-state index >= 15 is 0 Å². The first-order valence-electron chi connectivity index (χ1n) is 18.4. The molecule has 2 fully saturated rings. The van der Waals surface area contributed by atoms with Crippen molar-refractivity contribution in [3.05, 3.63) is 35.9 Å². The van der Waals surface area contributed by atoms with Gasteiger partial charge in [-0.15, -0.1) is 23.5 Å². The summed E-state index contributed by atoms with van der Waals surface area (Å²) in [4.78, 5) is 96.5. The van der Waals surface area contributed by atoms with Crippen LogP contribution in [0.3, 0.4) is 0 Å². The van der Waals surface area contributed by atoms with Gasteiger partial charge in [-0.2, -0.15) is 0 Å². The molecule has 0 aromatic heterocycles. The zero-order chi connectivity index (χ0) is 40.4. The van der Waals surface area contributed by atoms with E-state index in [1.165, 1.54) is 9.80 Å². The fourth-order valence-corrected chi connectivity index (χ4v) is 9.37. The Kier molecular flexibility index (Phi) is 15.8. The number of carbonyl (C=O) groups is 7. The van der Waals surface area contributed by atoms with E-state index < -0.39 is 75.7 Å². The topological polar surface area (TPSA) is 183 Å². The van der Waals surface area contributed by atoms with Crippen LogP contribution in [0, 0.1) is 10.8 Å². The van der Waals surface area contributed by atoms with E-state index in [4.69, 9.17) is 4.74 Å². The molecule has 1 spiro atoms. The fraction of sp³-hybridized carbons (Fsp3) is 0.658. The number of Topliss-reactive ketones (excluding diaryl/α,β-unsaturated/α-hetero) is 1. The van der Waals surface area contributed by atoms with Crippen LogP contribution in [-0.4, -0.2) is 119 Å². The van der Waals surface area contributed by atoms with Gasteiger partial charge in [0.05, 0.1) is 23.3 Å². The number of thioether (sulfide) groups is 2. The molecule has 2 saturated heterocycles. The van der Waals surface area contributed by atoms with Gasteiger partial charge in [0.2, 0.25) is 29.4 Å². The van der Waals surface area contributed by atoms with E-state index in [0.29, 0.717) is 18.4 Å². The lowest BCUT2D eigenvalue weighted by Crippen LogP contribution is -2.59. The molecule has 300 valence electrons. The standard InChI is InChI=1S/C38H58N6O8S2/c1-10-15-25(29(46)32(48)39-21-27(45)41-28(33(49)43(8)9)24-16-12-11-13-17-24)40-31(47)26-20-38(53-18-14-19-54-38)22-44(26)34(50)30(37(5,6)7)42-35(51)52-23-36(2,3)4/h11-13,16-17,25-26,28,30H,10,14-15,18-23H2,1-9H3,(H,39,48)(H,40,47)(H,41,45)(H,42,51)/t25-,26?,28?,30-/m1/s1. The molecule has 14 nitrogen and oxygen atoms in total. The van der Waals surface area contributed by atoms with Crippen molar-refractivity contribution in [2.45, 2.75) is 102 Å². The average molecular weight is 791 g/mol. The molecule has 4 atom stereocenters. The molecule has 4 N–H and O–H groups in total. The Labute approximate surface area is 327 Å². The van der Waals surface area contributed by atoms with Gasteiger partial charge in [-0.1, -0.05) is 85.2 Å². The van der Waals surface area contributed by atoms with Crippen LogP contribution in [0.25, 0.3) is 0 Å². The van der Waals surface area contributed by atoms with Crippen LogP contribution in [0.1, 0.15) is 85.8 Å². The maximum atomic E-state index is 14.4. The third-order valence-corrected chi connectivity index (χ3v) is 12.2. The van der Waals surface area contributed by atoms with Crippen LogP contribution in [-0.2, 0) is 33.5 Å². The van der Waals surface area contributed by atoms with Gasteiger partial charge in [0, 0.05) is 27.1 Å². The second-order valence-corrected chi connectivity index (χ2v) is 19.5. The van der Waals surface area contributed by atoms with Crippen molar-refractivity contribution < 1.29 is 38.3 Å². The van der Waals surface area contributed by atoms with Gasteiger partial charge >= 0.3 is 6.09 Å². The second-order valence-electron chi connectivity index (χ2n) is 16.3. The van der Waals surface area contributed by atoms with Crippen molar-refractivity contribution in [3.63, 3.8) is 0 Å². The fourth-order valence-electron chi connectivity index (χ4n) is 6.02. The molecule has 0 saturated carbocycles. The van der Waals surface area contributed by atoms with Gasteiger partial charge in [-0.3, -0.25) is 28.8 Å². The third-order valence-electron chi connectivity index (χ3n) is 8.88. The normalized spacial score (nSPS) is 18.5. The number of amides is 6. The number of likely N-dealkylation sites (N-methyl/N-ethyl adjacent to an activating group) is 1. The van der Waals surface area contributed by atoms with E-state index in [-0.39, 0.29) is 30.9 Å². The number of benzene rings is 1. The smallest absolute Gasteiger partial charge is 0.407 e. The average Bonchev–Trinajstić information content (AvgIpc) is 3.48. The first-order valence-corrected chi connectivity index (χ1v) is 20.3. The number of hydrogen-bond donors (Lipinski definition) is 4. The summed E-state index contributed by atoms with van der Waals surface area (Å²) in [6.45, 7) is 12.9. The van der Waals surface area contributed by atoms with E-state index in [2.05, 4.69) is 21.3 Å². The summed E-state index contributed by atoms with van der Waals surface area (Å²) < 4.78 is 4.97. The predicted molar refractivity (Wildman–Crippen MR) is 210 cm³/mol. The molecule has 2 unspecified atom stereocenters. The van der Waals surface area contributed by atoms with Crippen LogP contribution < -0.4 is 21.3 Å². The minimum Gasteiger partial charge on any atom is -0.449 e. The Morgan fingerprint density at radius 3 is 2.13 bits per heavy atom. The molecular formula is C38H58N6O8S2. The SMILES string of the molecule is CCC[C@@H](NC(=O)C1CC2(CN1C(=O)[C@@H](NC(=O)OCC(C)(C)C)C(C)(C)C)SCCCS2)C(=O)C(=O)NCC(=O)NC(C(=O)N(C)C)c1ccccc1. The van der Waals surface area contributed by atoms with Gasteiger partial charge in [0.1, 0.15) is 18.1 Å². The van der Waals surface area contributed by atoms with E-state index in [0.717, 1.165) is 17.9 Å². The largest absolute Gasteiger partial charge is 0.449 e. The molecule has 0 bridgehead atoms. The summed E-state index contributed by atoms with van der Waals surface area (Å²) in [6.07, 6.45) is 1.17. The summed E-state index contributed by atoms with van der Waals surface area (Å²) in [5.74, 6) is -2.37. The number of hydrogen-bond acceptors (Lipinski definition) is 10. The van der Waals surface area contributed by atoms with Crippen molar-refractivity contribution in [2.75, 3.05) is 45.3 Å². The summed E-state index contributed by atoms with van der Waals surface area (Å²) in [6, 6.07) is 4.42. The summed E-state index contributed by atoms with van der Waals surface area (Å²) in [7, 11) is 3.12. The minimum absolute atomic E-state index is 0.138. The number of ether oxygens (including phenoxy) is 1. The first kappa shape index (κ1) is 44.6. The second kappa shape index (κ2) is 19.2. The Hall–Kier alpha value is -3.79. The molecule has 1 aromatic rings. The highest BCUT2D eigenvalue weighted by Gasteiger charge is 2.53. The Bertz CT molecular complexity index is 1520. The molecule has 6 amide bonds. The van der Waals surface area contributed by atoms with Crippen LogP contribution in [0.4, 0.5) is 4.79 Å². The first-order chi connectivity index (χ1) is 25.2. The molecule has 16 heteroatoms. The molecular weight excluding hydrogens is 733 g/mol. The van der Waals surface area contributed by atoms with Gasteiger partial charge < -0.3 is 35.8 Å². The molecule has 1 aromatic carbocycles. The highest BCUT2D eigenvalue weighted by atomic mass is 32.2. The Morgan fingerprint density at radius 1 is 0.944 bits per heavy atom. The van der Waals surface area contributed by atoms with Gasteiger partial charge in [0.25, 0.3) is 5.91 Å². The van der Waals surface area contributed by atoms with Gasteiger partial charge in [-0.25, -0.2) is 4.79 Å². The van der Waals surface area contributed by atoms with Crippen molar-refractivity contribution in [1.82, 2.24) is 31.1 Å². The number of nitrogens with zero attached hydrogens (tertiary/aromatic N) is 2. The number of carbonyl (C=O) groups excluding carboxylic acids is 7. The Balaban J connectivity index is 1.76. The molecule has 2 aliphatic rings. The highest BCUT2D eigenvalue weighted by molar-refractivity contribution is 8.18. The van der Waals surface area contributed by atoms with Crippen LogP contribution in [0.15, 0.2) is 30.3 Å². The monoisotopic (exact) mass is 790 g/mol. The Morgan fingerprint density at radius 2 is 1.57 bits per heavy atom. The molecule has 0 aliphatic carbocycles. The molecule has 54 heavy (non-hydrogen) atoms. The van der Waals surface area contributed by atoms with Crippen LogP contribution in [0.2, 0.25) is 0 Å². The maximum Gasteiger partial charge on any atom is 0.407 e. The zero-order valence-corrected chi connectivity index (χ0v) is 34.7. The minimum atomic E-state index is -1.22. The molecule has 3 rings (SSSR count). The van der Waals surface area contributed by atoms with E-state index in [1.54, 1.807) is 74.9 Å². The molecule has 2 aliphatic heterocycles. The lowest BCUT2D eigenvalue weighted by atomic mass is 9.85. The van der Waals surface area contributed by atoms with Crippen molar-refractivity contribution in [2.24, 2.45) is 10.8 Å². The summed E-state index contributed by atoms with van der Waals surface area (Å²) in [5.41, 5.74) is -0.478. The number of ketones is 1. The number of nitrogens with one attached hydrogen (secondary N) is 4. The van der Waals surface area contributed by atoms with Crippen molar-refractivity contribution in [3.8, 4) is 0 Å². The lowest BCUT2D eigenvalue weighted by molar-refractivity contribution is -0.144. The van der Waals surface area contributed by atoms with Crippen LogP contribution >= 0.6 is 23.5 Å². The quantitative estimate of drug-likeness (QED) is 0.204. The number of likely N-dealkylation sites (tertiary alicyclic amines) is 1. The van der Waals surface area contributed by atoms with Crippen molar-refractivity contribution in [1.29, 1.82) is 0 Å². The highest BCUT2D eigenvalue weighted by Crippen LogP contribution is 2.50.